The van der Waals surface area contributed by atoms with Crippen molar-refractivity contribution in [3.05, 3.63) is 63.7 Å². The summed E-state index contributed by atoms with van der Waals surface area (Å²) in [6.07, 6.45) is 0. The number of aromatic carboxylic acids is 1. The molecular formula is C14H11NO5. The Morgan fingerprint density at radius 2 is 1.90 bits per heavy atom. The Hall–Kier alpha value is -2.89. The van der Waals surface area contributed by atoms with E-state index < -0.39 is 10.9 Å². The molecule has 2 aromatic rings. The quantitative estimate of drug-likeness (QED) is 0.681. The van der Waals surface area contributed by atoms with E-state index in [0.717, 1.165) is 0 Å². The van der Waals surface area contributed by atoms with Crippen molar-refractivity contribution in [1.29, 1.82) is 0 Å². The van der Waals surface area contributed by atoms with Crippen LogP contribution in [0.4, 0.5) is 5.69 Å². The van der Waals surface area contributed by atoms with Gasteiger partial charge in [-0.15, -0.1) is 0 Å². The van der Waals surface area contributed by atoms with Gasteiger partial charge >= 0.3 is 5.97 Å². The maximum Gasteiger partial charge on any atom is 0.335 e. The number of benzene rings is 2. The van der Waals surface area contributed by atoms with Crippen molar-refractivity contribution in [3.63, 3.8) is 0 Å². The van der Waals surface area contributed by atoms with Gasteiger partial charge < -0.3 is 9.84 Å². The summed E-state index contributed by atoms with van der Waals surface area (Å²) in [5, 5.41) is 19.6. The molecule has 6 nitrogen and oxygen atoms in total. The Morgan fingerprint density at radius 1 is 1.20 bits per heavy atom. The minimum absolute atomic E-state index is 0.0108. The molecule has 20 heavy (non-hydrogen) atoms. The minimum Gasteiger partial charge on any atom is -0.478 e. The molecule has 0 saturated carbocycles. The van der Waals surface area contributed by atoms with Crippen LogP contribution in [0.5, 0.6) is 11.5 Å². The fraction of sp³-hybridized carbons (Fsp3) is 0.0714. The predicted molar refractivity (Wildman–Crippen MR) is 71.3 cm³/mol. The fourth-order valence-electron chi connectivity index (χ4n) is 1.72. The number of rotatable bonds is 4. The number of hydrogen-bond donors (Lipinski definition) is 1. The summed E-state index contributed by atoms with van der Waals surface area (Å²) in [5.74, 6) is -0.274. The average Bonchev–Trinajstić information content (AvgIpc) is 2.38. The van der Waals surface area contributed by atoms with Gasteiger partial charge in [0.2, 0.25) is 0 Å². The van der Waals surface area contributed by atoms with E-state index in [1.54, 1.807) is 19.1 Å². The lowest BCUT2D eigenvalue weighted by molar-refractivity contribution is -0.385. The summed E-state index contributed by atoms with van der Waals surface area (Å²) in [5.41, 5.74) is 0.597. The second-order valence-corrected chi connectivity index (χ2v) is 4.14. The molecule has 0 amide bonds. The molecule has 0 bridgehead atoms. The predicted octanol–water partition coefficient (Wildman–Crippen LogP) is 3.39. The van der Waals surface area contributed by atoms with E-state index in [4.69, 9.17) is 9.84 Å². The van der Waals surface area contributed by atoms with Crippen molar-refractivity contribution in [2.75, 3.05) is 0 Å². The van der Waals surface area contributed by atoms with Crippen molar-refractivity contribution in [1.82, 2.24) is 0 Å². The third-order valence-corrected chi connectivity index (χ3v) is 2.68. The number of nitro benzene ring substituents is 1. The Labute approximate surface area is 114 Å². The molecule has 0 atom stereocenters. The molecule has 1 N–H and O–H groups in total. The Balaban J connectivity index is 2.26. The first-order valence-electron chi connectivity index (χ1n) is 5.73. The number of aryl methyl sites for hydroxylation is 1. The van der Waals surface area contributed by atoms with Gasteiger partial charge in [-0.3, -0.25) is 10.1 Å². The van der Waals surface area contributed by atoms with E-state index in [1.165, 1.54) is 30.3 Å². The second-order valence-electron chi connectivity index (χ2n) is 4.14. The molecule has 0 aliphatic carbocycles. The van der Waals surface area contributed by atoms with Crippen LogP contribution in [0.1, 0.15) is 15.9 Å². The van der Waals surface area contributed by atoms with E-state index in [1.807, 2.05) is 0 Å². The highest BCUT2D eigenvalue weighted by molar-refractivity contribution is 5.88. The van der Waals surface area contributed by atoms with Crippen LogP contribution in [0.25, 0.3) is 0 Å². The minimum atomic E-state index is -1.05. The van der Waals surface area contributed by atoms with Crippen LogP contribution in [-0.4, -0.2) is 16.0 Å². The van der Waals surface area contributed by atoms with Gasteiger partial charge in [0.15, 0.2) is 0 Å². The van der Waals surface area contributed by atoms with Crippen molar-refractivity contribution >= 4 is 11.7 Å². The third-order valence-electron chi connectivity index (χ3n) is 2.68. The molecule has 0 heterocycles. The number of carboxylic acid groups (broad SMARTS) is 1. The molecule has 0 saturated heterocycles. The van der Waals surface area contributed by atoms with Crippen LogP contribution < -0.4 is 4.74 Å². The lowest BCUT2D eigenvalue weighted by Crippen LogP contribution is -1.96. The first-order chi connectivity index (χ1) is 9.47. The van der Waals surface area contributed by atoms with Gasteiger partial charge in [0.05, 0.1) is 10.5 Å². The van der Waals surface area contributed by atoms with Crippen molar-refractivity contribution in [2.24, 2.45) is 0 Å². The number of nitrogens with zero attached hydrogens (tertiary/aromatic N) is 1. The zero-order valence-electron chi connectivity index (χ0n) is 10.6. The summed E-state index contributed by atoms with van der Waals surface area (Å²) in [6.45, 7) is 1.61. The lowest BCUT2D eigenvalue weighted by atomic mass is 10.2. The van der Waals surface area contributed by atoms with Gasteiger partial charge in [-0.1, -0.05) is 6.07 Å². The summed E-state index contributed by atoms with van der Waals surface area (Å²) in [7, 11) is 0. The van der Waals surface area contributed by atoms with Gasteiger partial charge in [-0.2, -0.15) is 0 Å². The molecule has 6 heteroatoms. The molecule has 0 fully saturated rings. The molecule has 2 rings (SSSR count). The normalized spacial score (nSPS) is 10.1. The monoisotopic (exact) mass is 273 g/mol. The summed E-state index contributed by atoms with van der Waals surface area (Å²) >= 11 is 0. The van der Waals surface area contributed by atoms with E-state index in [0.29, 0.717) is 17.1 Å². The first-order valence-corrected chi connectivity index (χ1v) is 5.73. The van der Waals surface area contributed by atoms with Gasteiger partial charge in [0.25, 0.3) is 5.69 Å². The molecule has 0 aliphatic rings. The SMILES string of the molecule is Cc1cc(Oc2cccc(C(=O)O)c2)ccc1[N+](=O)[O-]. The maximum absolute atomic E-state index is 10.8. The number of ether oxygens (including phenoxy) is 1. The molecule has 0 spiro atoms. The highest BCUT2D eigenvalue weighted by Gasteiger charge is 2.11. The van der Waals surface area contributed by atoms with Gasteiger partial charge in [0.1, 0.15) is 11.5 Å². The largest absolute Gasteiger partial charge is 0.478 e. The lowest BCUT2D eigenvalue weighted by Gasteiger charge is -2.07. The van der Waals surface area contributed by atoms with E-state index in [9.17, 15) is 14.9 Å². The Bertz CT molecular complexity index is 681. The summed E-state index contributed by atoms with van der Waals surface area (Å²) in [4.78, 5) is 21.1. The molecule has 102 valence electrons. The van der Waals surface area contributed by atoms with E-state index in [2.05, 4.69) is 0 Å². The number of carbonyl (C=O) groups is 1. The standard InChI is InChI=1S/C14H11NO5/c1-9-7-12(5-6-13(9)15(18)19)20-11-4-2-3-10(8-11)14(16)17/h2-8H,1H3,(H,16,17). The van der Waals surface area contributed by atoms with Crippen molar-refractivity contribution in [3.8, 4) is 11.5 Å². The van der Waals surface area contributed by atoms with Crippen LogP contribution in [0.15, 0.2) is 42.5 Å². The second kappa shape index (κ2) is 5.40. The van der Waals surface area contributed by atoms with E-state index >= 15 is 0 Å². The zero-order chi connectivity index (χ0) is 14.7. The highest BCUT2D eigenvalue weighted by atomic mass is 16.6. The number of nitro groups is 1. The van der Waals surface area contributed by atoms with Gasteiger partial charge in [0, 0.05) is 11.6 Å². The fourth-order valence-corrected chi connectivity index (χ4v) is 1.72. The molecule has 0 unspecified atom stereocenters. The number of hydrogen-bond acceptors (Lipinski definition) is 4. The Kier molecular flexibility index (Phi) is 3.65. The molecule has 0 radical (unpaired) electrons. The maximum atomic E-state index is 10.8. The summed E-state index contributed by atoms with van der Waals surface area (Å²) in [6, 6.07) is 10.4. The van der Waals surface area contributed by atoms with Crippen LogP contribution >= 0.6 is 0 Å². The summed E-state index contributed by atoms with van der Waals surface area (Å²) < 4.78 is 5.50. The highest BCUT2D eigenvalue weighted by Crippen LogP contribution is 2.27. The molecule has 0 aliphatic heterocycles. The zero-order valence-corrected chi connectivity index (χ0v) is 10.6. The molecule has 0 aromatic heterocycles. The average molecular weight is 273 g/mol. The van der Waals surface area contributed by atoms with Crippen LogP contribution in [0.3, 0.4) is 0 Å². The van der Waals surface area contributed by atoms with Crippen molar-refractivity contribution < 1.29 is 19.6 Å². The Morgan fingerprint density at radius 3 is 2.50 bits per heavy atom. The van der Waals surface area contributed by atoms with Gasteiger partial charge in [-0.25, -0.2) is 4.79 Å². The van der Waals surface area contributed by atoms with Gasteiger partial charge in [-0.05, 0) is 37.3 Å². The van der Waals surface area contributed by atoms with Crippen molar-refractivity contribution in [2.45, 2.75) is 6.92 Å². The molecular weight excluding hydrogens is 262 g/mol. The topological polar surface area (TPSA) is 89.7 Å². The van der Waals surface area contributed by atoms with Crippen LogP contribution in [0, 0.1) is 17.0 Å². The van der Waals surface area contributed by atoms with Crippen LogP contribution in [0.2, 0.25) is 0 Å². The third kappa shape index (κ3) is 2.92. The first kappa shape index (κ1) is 13.5. The number of carboxylic acids is 1. The van der Waals surface area contributed by atoms with Crippen LogP contribution in [-0.2, 0) is 0 Å². The molecule has 2 aromatic carbocycles. The smallest absolute Gasteiger partial charge is 0.335 e. The van der Waals surface area contributed by atoms with E-state index in [-0.39, 0.29) is 11.3 Å².